The maximum Gasteiger partial charge on any atom is 0.267 e. The number of likely N-dealkylation sites (tertiary alicyclic amines) is 1. The van der Waals surface area contributed by atoms with Crippen LogP contribution in [0.15, 0.2) is 78.9 Å². The molecule has 0 saturated carbocycles. The number of carbonyl (C=O) groups is 2. The van der Waals surface area contributed by atoms with Crippen molar-refractivity contribution in [1.82, 2.24) is 4.90 Å². The van der Waals surface area contributed by atoms with Crippen molar-refractivity contribution in [3.63, 3.8) is 0 Å². The Morgan fingerprint density at radius 1 is 0.842 bits per heavy atom. The van der Waals surface area contributed by atoms with Crippen LogP contribution in [0.1, 0.15) is 41.6 Å². The van der Waals surface area contributed by atoms with E-state index in [1.807, 2.05) is 11.0 Å². The summed E-state index contributed by atoms with van der Waals surface area (Å²) in [6, 6.07) is 22.6. The van der Waals surface area contributed by atoms with E-state index >= 15 is 0 Å². The number of amides is 2. The first kappa shape index (κ1) is 25.8. The molecule has 8 nitrogen and oxygen atoms in total. The lowest BCUT2D eigenvalue weighted by molar-refractivity contribution is -0.122. The Balaban J connectivity index is 1.38. The van der Waals surface area contributed by atoms with Gasteiger partial charge in [0.2, 0.25) is 10.0 Å². The van der Waals surface area contributed by atoms with Crippen LogP contribution >= 0.6 is 0 Å². The van der Waals surface area contributed by atoms with Gasteiger partial charge in [-0.2, -0.15) is 0 Å². The second-order valence-corrected chi connectivity index (χ2v) is 11.5. The molecule has 2 aliphatic heterocycles. The molecule has 0 bridgehead atoms. The van der Waals surface area contributed by atoms with E-state index in [-0.39, 0.29) is 18.2 Å². The van der Waals surface area contributed by atoms with Gasteiger partial charge in [-0.05, 0) is 42.7 Å². The lowest BCUT2D eigenvalue weighted by Crippen LogP contribution is -2.49. The standard InChI is InChI=1S/C29H31N3O5S/c33-28(30-24-15-7-6-14-23(24)29(34)31-18-10-1-2-11-19-31)27-20-32(25-16-8-9-17-26(25)37-27)38(35,36)21-22-12-4-3-5-13-22/h3-9,12-17,27H,1-2,10-11,18-21H2,(H,30,33)/t27-/m1/s1. The number of anilines is 2. The summed E-state index contributed by atoms with van der Waals surface area (Å²) in [6.45, 7) is 1.20. The SMILES string of the molecule is O=C(Nc1ccccc1C(=O)N1CCCCCC1)[C@H]1CN(S(=O)(=O)Cc2ccccc2)c2ccccc2O1. The average molecular weight is 534 g/mol. The topological polar surface area (TPSA) is 96.0 Å². The lowest BCUT2D eigenvalue weighted by atomic mass is 10.1. The molecule has 1 fully saturated rings. The van der Waals surface area contributed by atoms with Crippen molar-refractivity contribution in [2.45, 2.75) is 37.5 Å². The number of nitrogens with zero attached hydrogens (tertiary/aromatic N) is 2. The first-order valence-electron chi connectivity index (χ1n) is 12.9. The van der Waals surface area contributed by atoms with Crippen LogP contribution in [-0.4, -0.2) is 50.9 Å². The number of carbonyl (C=O) groups excluding carboxylic acids is 2. The Labute approximate surface area is 223 Å². The summed E-state index contributed by atoms with van der Waals surface area (Å²) in [7, 11) is -3.82. The molecule has 0 aromatic heterocycles. The molecule has 2 heterocycles. The van der Waals surface area contributed by atoms with Gasteiger partial charge in [0, 0.05) is 13.1 Å². The molecule has 2 aliphatic rings. The molecular weight excluding hydrogens is 502 g/mol. The zero-order chi connectivity index (χ0) is 26.5. The van der Waals surface area contributed by atoms with Crippen molar-refractivity contribution in [3.05, 3.63) is 90.0 Å². The van der Waals surface area contributed by atoms with E-state index in [2.05, 4.69) is 5.32 Å². The fourth-order valence-electron chi connectivity index (χ4n) is 4.90. The van der Waals surface area contributed by atoms with Crippen molar-refractivity contribution < 1.29 is 22.7 Å². The van der Waals surface area contributed by atoms with E-state index in [1.165, 1.54) is 4.31 Å². The molecule has 38 heavy (non-hydrogen) atoms. The van der Waals surface area contributed by atoms with Gasteiger partial charge < -0.3 is 15.0 Å². The number of benzene rings is 3. The molecule has 5 rings (SSSR count). The molecule has 2 amide bonds. The highest BCUT2D eigenvalue weighted by Crippen LogP contribution is 2.36. The van der Waals surface area contributed by atoms with E-state index < -0.39 is 22.0 Å². The molecule has 3 aromatic carbocycles. The van der Waals surface area contributed by atoms with Gasteiger partial charge in [-0.1, -0.05) is 67.4 Å². The van der Waals surface area contributed by atoms with Crippen LogP contribution in [-0.2, 0) is 20.6 Å². The summed E-state index contributed by atoms with van der Waals surface area (Å²) < 4.78 is 34.2. The molecule has 0 spiro atoms. The van der Waals surface area contributed by atoms with E-state index in [1.54, 1.807) is 72.8 Å². The smallest absolute Gasteiger partial charge is 0.267 e. The second kappa shape index (κ2) is 11.3. The Morgan fingerprint density at radius 2 is 1.50 bits per heavy atom. The predicted octanol–water partition coefficient (Wildman–Crippen LogP) is 4.44. The third-order valence-corrected chi connectivity index (χ3v) is 8.58. The normalized spacial score (nSPS) is 17.6. The maximum atomic E-state index is 13.5. The van der Waals surface area contributed by atoms with Crippen molar-refractivity contribution in [2.24, 2.45) is 0 Å². The van der Waals surface area contributed by atoms with E-state index in [9.17, 15) is 18.0 Å². The highest BCUT2D eigenvalue weighted by molar-refractivity contribution is 7.92. The minimum atomic E-state index is -3.82. The molecule has 1 saturated heterocycles. The molecule has 1 atom stereocenters. The van der Waals surface area contributed by atoms with Crippen LogP contribution in [0.2, 0.25) is 0 Å². The summed E-state index contributed by atoms with van der Waals surface area (Å²) in [5.74, 6) is -0.534. The van der Waals surface area contributed by atoms with Gasteiger partial charge in [-0.15, -0.1) is 0 Å². The molecule has 0 aliphatic carbocycles. The van der Waals surface area contributed by atoms with Gasteiger partial charge in [-0.25, -0.2) is 8.42 Å². The number of hydrogen-bond donors (Lipinski definition) is 1. The van der Waals surface area contributed by atoms with Crippen LogP contribution in [0.3, 0.4) is 0 Å². The second-order valence-electron chi connectivity index (χ2n) is 9.59. The summed E-state index contributed by atoms with van der Waals surface area (Å²) in [5.41, 5.74) is 1.84. The van der Waals surface area contributed by atoms with Gasteiger partial charge in [0.1, 0.15) is 5.75 Å². The quantitative estimate of drug-likeness (QED) is 0.506. The summed E-state index contributed by atoms with van der Waals surface area (Å²) in [4.78, 5) is 28.6. The fourth-order valence-corrected chi connectivity index (χ4v) is 6.48. The maximum absolute atomic E-state index is 13.5. The van der Waals surface area contributed by atoms with E-state index in [0.717, 1.165) is 25.7 Å². The third kappa shape index (κ3) is 5.67. The number of para-hydroxylation sites is 3. The molecule has 0 unspecified atom stereocenters. The zero-order valence-electron chi connectivity index (χ0n) is 21.1. The Kier molecular flexibility index (Phi) is 7.64. The van der Waals surface area contributed by atoms with E-state index in [4.69, 9.17) is 4.74 Å². The van der Waals surface area contributed by atoms with Crippen LogP contribution in [0.25, 0.3) is 0 Å². The Hall–Kier alpha value is -3.85. The number of fused-ring (bicyclic) bond motifs is 1. The number of sulfonamides is 1. The zero-order valence-corrected chi connectivity index (χ0v) is 21.9. The highest BCUT2D eigenvalue weighted by Gasteiger charge is 2.37. The molecule has 9 heteroatoms. The Bertz CT molecular complexity index is 1400. The number of nitrogens with one attached hydrogen (secondary N) is 1. The van der Waals surface area contributed by atoms with Crippen LogP contribution in [0, 0.1) is 0 Å². The van der Waals surface area contributed by atoms with Crippen molar-refractivity contribution in [1.29, 1.82) is 0 Å². The monoisotopic (exact) mass is 533 g/mol. The van der Waals surface area contributed by atoms with Crippen molar-refractivity contribution in [3.8, 4) is 5.75 Å². The molecule has 0 radical (unpaired) electrons. The lowest BCUT2D eigenvalue weighted by Gasteiger charge is -2.35. The summed E-state index contributed by atoms with van der Waals surface area (Å²) in [5, 5.41) is 2.84. The average Bonchev–Trinajstić information content (AvgIpc) is 3.22. The molecule has 3 aromatic rings. The van der Waals surface area contributed by atoms with Gasteiger partial charge >= 0.3 is 0 Å². The number of hydrogen-bond acceptors (Lipinski definition) is 5. The third-order valence-electron chi connectivity index (χ3n) is 6.86. The number of rotatable bonds is 6. The fraction of sp³-hybridized carbons (Fsp3) is 0.310. The Morgan fingerprint density at radius 3 is 2.26 bits per heavy atom. The van der Waals surface area contributed by atoms with Crippen molar-refractivity contribution >= 4 is 33.2 Å². The van der Waals surface area contributed by atoms with Crippen LogP contribution < -0.4 is 14.4 Å². The molecular formula is C29H31N3O5S. The largest absolute Gasteiger partial charge is 0.476 e. The summed E-state index contributed by atoms with van der Waals surface area (Å²) >= 11 is 0. The van der Waals surface area contributed by atoms with Crippen LogP contribution in [0.4, 0.5) is 11.4 Å². The van der Waals surface area contributed by atoms with Gasteiger partial charge in [0.15, 0.2) is 6.10 Å². The minimum absolute atomic E-state index is 0.121. The van der Waals surface area contributed by atoms with Crippen LogP contribution in [0.5, 0.6) is 5.75 Å². The van der Waals surface area contributed by atoms with Gasteiger partial charge in [-0.3, -0.25) is 13.9 Å². The van der Waals surface area contributed by atoms with Gasteiger partial charge in [0.25, 0.3) is 11.8 Å². The highest BCUT2D eigenvalue weighted by atomic mass is 32.2. The van der Waals surface area contributed by atoms with Crippen molar-refractivity contribution in [2.75, 3.05) is 29.3 Å². The minimum Gasteiger partial charge on any atom is -0.476 e. The van der Waals surface area contributed by atoms with Gasteiger partial charge in [0.05, 0.1) is 29.2 Å². The first-order chi connectivity index (χ1) is 18.4. The molecule has 1 N–H and O–H groups in total. The first-order valence-corrected chi connectivity index (χ1v) is 14.5. The predicted molar refractivity (Wildman–Crippen MR) is 147 cm³/mol. The molecule has 198 valence electrons. The summed E-state index contributed by atoms with van der Waals surface area (Å²) in [6.07, 6.45) is 3.03. The van der Waals surface area contributed by atoms with E-state index in [0.29, 0.717) is 41.3 Å². The number of ether oxygens (including phenoxy) is 1.